The van der Waals surface area contributed by atoms with Gasteiger partial charge in [0.1, 0.15) is 5.82 Å². The molecule has 1 heterocycles. The fourth-order valence-corrected chi connectivity index (χ4v) is 2.95. The number of halogens is 1. The summed E-state index contributed by atoms with van der Waals surface area (Å²) in [6, 6.07) is 6.82. The summed E-state index contributed by atoms with van der Waals surface area (Å²) in [5, 5.41) is 0. The van der Waals surface area contributed by atoms with Crippen molar-refractivity contribution in [2.75, 3.05) is 0 Å². The van der Waals surface area contributed by atoms with Gasteiger partial charge in [-0.2, -0.15) is 0 Å². The molecule has 0 bridgehead atoms. The van der Waals surface area contributed by atoms with Crippen LogP contribution in [0.25, 0.3) is 11.6 Å². The SMILES string of the molecule is C/C1=C/c2scnc2CC=C=C1c1ccccc1F. The second-order valence-corrected chi connectivity index (χ2v) is 5.28. The van der Waals surface area contributed by atoms with Gasteiger partial charge in [-0.25, -0.2) is 9.37 Å². The summed E-state index contributed by atoms with van der Waals surface area (Å²) >= 11 is 1.61. The molecule has 3 rings (SSSR count). The molecule has 0 saturated carbocycles. The van der Waals surface area contributed by atoms with Gasteiger partial charge in [0.05, 0.1) is 16.1 Å². The van der Waals surface area contributed by atoms with E-state index in [1.807, 2.05) is 24.6 Å². The Morgan fingerprint density at radius 3 is 3.00 bits per heavy atom. The minimum absolute atomic E-state index is 0.212. The number of aromatic nitrogens is 1. The lowest BCUT2D eigenvalue weighted by atomic mass is 9.97. The second-order valence-electron chi connectivity index (χ2n) is 4.40. The highest BCUT2D eigenvalue weighted by molar-refractivity contribution is 7.10. The molecule has 94 valence electrons. The molecule has 3 heteroatoms. The zero-order chi connectivity index (χ0) is 13.2. The smallest absolute Gasteiger partial charge is 0.131 e. The maximum absolute atomic E-state index is 13.9. The Hall–Kier alpha value is -1.96. The fourth-order valence-electron chi connectivity index (χ4n) is 2.14. The van der Waals surface area contributed by atoms with Crippen molar-refractivity contribution in [3.05, 3.63) is 69.1 Å². The number of thiazole rings is 1. The van der Waals surface area contributed by atoms with E-state index in [-0.39, 0.29) is 5.82 Å². The van der Waals surface area contributed by atoms with Crippen molar-refractivity contribution >= 4 is 23.0 Å². The summed E-state index contributed by atoms with van der Waals surface area (Å²) in [7, 11) is 0. The van der Waals surface area contributed by atoms with Crippen LogP contribution in [0.5, 0.6) is 0 Å². The van der Waals surface area contributed by atoms with Gasteiger partial charge in [0.25, 0.3) is 0 Å². The minimum Gasteiger partial charge on any atom is -0.249 e. The summed E-state index contributed by atoms with van der Waals surface area (Å²) in [4.78, 5) is 5.47. The van der Waals surface area contributed by atoms with E-state index in [0.29, 0.717) is 5.56 Å². The third-order valence-electron chi connectivity index (χ3n) is 3.10. The van der Waals surface area contributed by atoms with E-state index in [1.165, 1.54) is 6.07 Å². The van der Waals surface area contributed by atoms with Gasteiger partial charge in [0, 0.05) is 17.6 Å². The molecule has 1 aromatic carbocycles. The van der Waals surface area contributed by atoms with Crippen LogP contribution in [0.15, 0.2) is 47.2 Å². The van der Waals surface area contributed by atoms with Crippen molar-refractivity contribution < 1.29 is 4.39 Å². The second kappa shape index (κ2) is 4.96. The Balaban J connectivity index is 2.15. The quantitative estimate of drug-likeness (QED) is 0.695. The largest absolute Gasteiger partial charge is 0.249 e. The molecule has 0 amide bonds. The molecule has 19 heavy (non-hydrogen) atoms. The lowest BCUT2D eigenvalue weighted by Gasteiger charge is -2.09. The number of allylic oxidation sites excluding steroid dienone is 2. The fraction of sp³-hybridized carbons (Fsp3) is 0.125. The number of nitrogens with zero attached hydrogens (tertiary/aromatic N) is 1. The van der Waals surface area contributed by atoms with Crippen LogP contribution in [0.1, 0.15) is 23.1 Å². The van der Waals surface area contributed by atoms with Crippen LogP contribution in [0.3, 0.4) is 0 Å². The zero-order valence-electron chi connectivity index (χ0n) is 10.5. The van der Waals surface area contributed by atoms with E-state index >= 15 is 0 Å². The molecule has 0 N–H and O–H groups in total. The Bertz CT molecular complexity index is 718. The Morgan fingerprint density at radius 2 is 2.16 bits per heavy atom. The Morgan fingerprint density at radius 1 is 1.32 bits per heavy atom. The summed E-state index contributed by atoms with van der Waals surface area (Å²) in [6.45, 7) is 1.98. The molecule has 0 radical (unpaired) electrons. The summed E-state index contributed by atoms with van der Waals surface area (Å²) in [5.74, 6) is -0.212. The van der Waals surface area contributed by atoms with Gasteiger partial charge in [-0.05, 0) is 30.7 Å². The van der Waals surface area contributed by atoms with Crippen LogP contribution in [-0.4, -0.2) is 4.98 Å². The maximum atomic E-state index is 13.9. The first-order chi connectivity index (χ1) is 9.25. The highest BCUT2D eigenvalue weighted by Crippen LogP contribution is 2.29. The van der Waals surface area contributed by atoms with Gasteiger partial charge in [-0.15, -0.1) is 17.1 Å². The summed E-state index contributed by atoms with van der Waals surface area (Å²) in [6.07, 6.45) is 4.73. The van der Waals surface area contributed by atoms with Gasteiger partial charge in [-0.1, -0.05) is 18.2 Å². The van der Waals surface area contributed by atoms with Crippen molar-refractivity contribution in [1.82, 2.24) is 4.98 Å². The van der Waals surface area contributed by atoms with Crippen LogP contribution < -0.4 is 0 Å². The van der Waals surface area contributed by atoms with Crippen LogP contribution in [-0.2, 0) is 6.42 Å². The first kappa shape index (κ1) is 12.1. The number of hydrogen-bond donors (Lipinski definition) is 0. The van der Waals surface area contributed by atoms with E-state index in [0.717, 1.165) is 28.1 Å². The van der Waals surface area contributed by atoms with Gasteiger partial charge >= 0.3 is 0 Å². The molecule has 1 aliphatic rings. The lowest BCUT2D eigenvalue weighted by Crippen LogP contribution is -1.93. The predicted octanol–water partition coefficient (Wildman–Crippen LogP) is 4.48. The number of fused-ring (bicyclic) bond motifs is 1. The minimum atomic E-state index is -0.212. The number of benzene rings is 1. The van der Waals surface area contributed by atoms with Crippen LogP contribution in [0.2, 0.25) is 0 Å². The van der Waals surface area contributed by atoms with Crippen molar-refractivity contribution in [3.63, 3.8) is 0 Å². The molecule has 2 aromatic rings. The average molecular weight is 269 g/mol. The molecule has 1 aromatic heterocycles. The normalized spacial score (nSPS) is 16.9. The Kier molecular flexibility index (Phi) is 3.16. The molecule has 0 fully saturated rings. The molecular formula is C16H12FNS. The number of hydrogen-bond acceptors (Lipinski definition) is 2. The van der Waals surface area contributed by atoms with Crippen LogP contribution in [0, 0.1) is 5.82 Å². The van der Waals surface area contributed by atoms with Gasteiger partial charge in [-0.3, -0.25) is 0 Å². The monoisotopic (exact) mass is 269 g/mol. The number of rotatable bonds is 1. The van der Waals surface area contributed by atoms with Crippen molar-refractivity contribution in [1.29, 1.82) is 0 Å². The standard InChI is InChI=1S/C16H12FNS/c1-11-9-16-15(18-10-19-16)8-4-6-12(11)13-5-2-3-7-14(13)17/h2-5,7,9-10H,8H2,1H3/b11-9-. The molecule has 1 aliphatic carbocycles. The third kappa shape index (κ3) is 2.30. The topological polar surface area (TPSA) is 12.9 Å². The molecular weight excluding hydrogens is 257 g/mol. The lowest BCUT2D eigenvalue weighted by molar-refractivity contribution is 0.624. The van der Waals surface area contributed by atoms with E-state index in [4.69, 9.17) is 0 Å². The zero-order valence-corrected chi connectivity index (χ0v) is 11.3. The first-order valence-corrected chi connectivity index (χ1v) is 6.95. The van der Waals surface area contributed by atoms with E-state index < -0.39 is 0 Å². The highest BCUT2D eigenvalue weighted by atomic mass is 32.1. The first-order valence-electron chi connectivity index (χ1n) is 6.07. The molecule has 0 spiro atoms. The highest BCUT2D eigenvalue weighted by Gasteiger charge is 2.12. The summed E-state index contributed by atoms with van der Waals surface area (Å²) in [5.41, 5.74) is 8.53. The van der Waals surface area contributed by atoms with Crippen LogP contribution in [0.4, 0.5) is 4.39 Å². The van der Waals surface area contributed by atoms with Crippen LogP contribution >= 0.6 is 11.3 Å². The molecule has 0 aliphatic heterocycles. The van der Waals surface area contributed by atoms with E-state index in [2.05, 4.69) is 16.8 Å². The van der Waals surface area contributed by atoms with Gasteiger partial charge in [0.2, 0.25) is 0 Å². The van der Waals surface area contributed by atoms with Gasteiger partial charge < -0.3 is 0 Å². The molecule has 0 unspecified atom stereocenters. The maximum Gasteiger partial charge on any atom is 0.131 e. The van der Waals surface area contributed by atoms with Crippen molar-refractivity contribution in [2.24, 2.45) is 0 Å². The molecule has 1 nitrogen and oxygen atoms in total. The summed E-state index contributed by atoms with van der Waals surface area (Å²) < 4.78 is 13.9. The van der Waals surface area contributed by atoms with Gasteiger partial charge in [0.15, 0.2) is 0 Å². The Labute approximate surface area is 115 Å². The predicted molar refractivity (Wildman–Crippen MR) is 77.4 cm³/mol. The van der Waals surface area contributed by atoms with E-state index in [1.54, 1.807) is 23.5 Å². The molecule has 0 saturated heterocycles. The van der Waals surface area contributed by atoms with E-state index in [9.17, 15) is 4.39 Å². The average Bonchev–Trinajstić information content (AvgIpc) is 2.80. The third-order valence-corrected chi connectivity index (χ3v) is 3.92. The molecule has 0 atom stereocenters. The van der Waals surface area contributed by atoms with Crippen molar-refractivity contribution in [2.45, 2.75) is 13.3 Å². The van der Waals surface area contributed by atoms with Crippen molar-refractivity contribution in [3.8, 4) is 0 Å².